The van der Waals surface area contributed by atoms with Gasteiger partial charge in [-0.05, 0) is 26.8 Å². The molecule has 136 valence electrons. The summed E-state index contributed by atoms with van der Waals surface area (Å²) in [6, 6.07) is 6.07. The fourth-order valence-electron chi connectivity index (χ4n) is 2.20. The Kier molecular flexibility index (Phi) is 5.57. The standard InChI is InChI=1S/C17H19N5O4/c1-17(2,3)26-16(23)19-6-7-21-11-13(10-20-21)15-5-4-14(22(24)25)8-12(15)9-18/h4-5,8,10-11H,6-7H2,1-3H3,(H,19,23). The molecule has 0 atom stereocenters. The molecule has 0 unspecified atom stereocenters. The van der Waals surface area contributed by atoms with Gasteiger partial charge in [0.05, 0.1) is 23.2 Å². The van der Waals surface area contributed by atoms with Crippen molar-refractivity contribution in [3.63, 3.8) is 0 Å². The Balaban J connectivity index is 2.03. The largest absolute Gasteiger partial charge is 0.444 e. The van der Waals surface area contributed by atoms with Crippen LogP contribution in [0.3, 0.4) is 0 Å². The van der Waals surface area contributed by atoms with Crippen LogP contribution < -0.4 is 5.32 Å². The van der Waals surface area contributed by atoms with Crippen molar-refractivity contribution in [1.82, 2.24) is 15.1 Å². The van der Waals surface area contributed by atoms with Crippen LogP contribution >= 0.6 is 0 Å². The van der Waals surface area contributed by atoms with Crippen LogP contribution in [0.5, 0.6) is 0 Å². The van der Waals surface area contributed by atoms with Gasteiger partial charge in [0.1, 0.15) is 11.7 Å². The van der Waals surface area contributed by atoms with Gasteiger partial charge in [-0.15, -0.1) is 0 Å². The fourth-order valence-corrected chi connectivity index (χ4v) is 2.20. The Bertz CT molecular complexity index is 861. The zero-order valence-corrected chi connectivity index (χ0v) is 14.7. The van der Waals surface area contributed by atoms with Crippen LogP contribution in [0.4, 0.5) is 10.5 Å². The lowest BCUT2D eigenvalue weighted by Crippen LogP contribution is -2.34. The third kappa shape index (κ3) is 5.04. The second-order valence-electron chi connectivity index (χ2n) is 6.52. The highest BCUT2D eigenvalue weighted by Gasteiger charge is 2.16. The first-order chi connectivity index (χ1) is 12.2. The van der Waals surface area contributed by atoms with Gasteiger partial charge in [0.2, 0.25) is 0 Å². The number of nitro benzene ring substituents is 1. The molecule has 2 aromatic rings. The number of nitrogens with zero attached hydrogens (tertiary/aromatic N) is 4. The molecule has 26 heavy (non-hydrogen) atoms. The minimum atomic E-state index is -0.563. The molecule has 1 aromatic heterocycles. The highest BCUT2D eigenvalue weighted by molar-refractivity contribution is 5.71. The Hall–Kier alpha value is -3.41. The highest BCUT2D eigenvalue weighted by Crippen LogP contribution is 2.26. The van der Waals surface area contributed by atoms with Crippen LogP contribution in [-0.2, 0) is 11.3 Å². The minimum Gasteiger partial charge on any atom is -0.444 e. The van der Waals surface area contributed by atoms with Crippen LogP contribution in [-0.4, -0.2) is 32.9 Å². The molecule has 0 aliphatic rings. The van der Waals surface area contributed by atoms with E-state index in [4.69, 9.17) is 4.74 Å². The van der Waals surface area contributed by atoms with E-state index in [1.54, 1.807) is 37.8 Å². The van der Waals surface area contributed by atoms with Gasteiger partial charge in [0.15, 0.2) is 0 Å². The van der Waals surface area contributed by atoms with Gasteiger partial charge >= 0.3 is 6.09 Å². The summed E-state index contributed by atoms with van der Waals surface area (Å²) in [5.74, 6) is 0. The molecule has 1 heterocycles. The minimum absolute atomic E-state index is 0.140. The molecular weight excluding hydrogens is 338 g/mol. The van der Waals surface area contributed by atoms with Gasteiger partial charge in [-0.3, -0.25) is 14.8 Å². The number of ether oxygens (including phenoxy) is 1. The molecule has 0 spiro atoms. The third-order valence-electron chi connectivity index (χ3n) is 3.29. The monoisotopic (exact) mass is 357 g/mol. The van der Waals surface area contributed by atoms with Crippen molar-refractivity contribution >= 4 is 11.8 Å². The van der Waals surface area contributed by atoms with E-state index in [0.29, 0.717) is 24.2 Å². The number of amides is 1. The van der Waals surface area contributed by atoms with Crippen LogP contribution in [0.25, 0.3) is 11.1 Å². The molecular formula is C17H19N5O4. The average Bonchev–Trinajstić information content (AvgIpc) is 3.01. The molecule has 0 saturated heterocycles. The first-order valence-electron chi connectivity index (χ1n) is 7.88. The predicted molar refractivity (Wildman–Crippen MR) is 93.3 cm³/mol. The number of hydrogen-bond acceptors (Lipinski definition) is 6. The van der Waals surface area contributed by atoms with Gasteiger partial charge in [-0.2, -0.15) is 10.4 Å². The lowest BCUT2D eigenvalue weighted by atomic mass is 10.0. The molecule has 0 aliphatic carbocycles. The number of hydrogen-bond donors (Lipinski definition) is 1. The summed E-state index contributed by atoms with van der Waals surface area (Å²) in [7, 11) is 0. The van der Waals surface area contributed by atoms with Crippen LogP contribution in [0.2, 0.25) is 0 Å². The van der Waals surface area contributed by atoms with E-state index in [-0.39, 0.29) is 11.3 Å². The summed E-state index contributed by atoms with van der Waals surface area (Å²) < 4.78 is 6.75. The number of benzene rings is 1. The van der Waals surface area contributed by atoms with Gasteiger partial charge in [0.25, 0.3) is 5.69 Å². The maximum Gasteiger partial charge on any atom is 0.407 e. The van der Waals surface area contributed by atoms with E-state index in [1.807, 2.05) is 6.07 Å². The fraction of sp³-hybridized carbons (Fsp3) is 0.353. The molecule has 0 saturated carbocycles. The number of carbonyl (C=O) groups is 1. The zero-order valence-electron chi connectivity index (χ0n) is 14.7. The van der Waals surface area contributed by atoms with Crippen molar-refractivity contribution in [1.29, 1.82) is 5.26 Å². The molecule has 0 bridgehead atoms. The maximum atomic E-state index is 11.6. The number of aromatic nitrogens is 2. The number of alkyl carbamates (subject to hydrolysis) is 1. The zero-order chi connectivity index (χ0) is 19.3. The number of rotatable bonds is 5. The van der Waals surface area contributed by atoms with E-state index in [0.717, 1.165) is 0 Å². The Morgan fingerprint density at radius 2 is 2.19 bits per heavy atom. The lowest BCUT2D eigenvalue weighted by Gasteiger charge is -2.19. The Morgan fingerprint density at radius 3 is 2.81 bits per heavy atom. The summed E-state index contributed by atoms with van der Waals surface area (Å²) in [6.07, 6.45) is 2.76. The number of carbonyl (C=O) groups excluding carboxylic acids is 1. The molecule has 0 fully saturated rings. The lowest BCUT2D eigenvalue weighted by molar-refractivity contribution is -0.384. The first-order valence-corrected chi connectivity index (χ1v) is 7.88. The second kappa shape index (κ2) is 7.65. The van der Waals surface area contributed by atoms with Crippen molar-refractivity contribution in [2.45, 2.75) is 32.9 Å². The summed E-state index contributed by atoms with van der Waals surface area (Å²) in [6.45, 7) is 6.07. The summed E-state index contributed by atoms with van der Waals surface area (Å²) in [5, 5.41) is 26.9. The molecule has 9 heteroatoms. The van der Waals surface area contributed by atoms with E-state index in [1.165, 1.54) is 18.2 Å². The van der Waals surface area contributed by atoms with Gasteiger partial charge in [-0.1, -0.05) is 0 Å². The number of nitro groups is 1. The molecule has 1 aromatic carbocycles. The van der Waals surface area contributed by atoms with Crippen molar-refractivity contribution in [3.05, 3.63) is 46.3 Å². The maximum absolute atomic E-state index is 11.6. The van der Waals surface area contributed by atoms with Gasteiger partial charge < -0.3 is 10.1 Å². The van der Waals surface area contributed by atoms with E-state index < -0.39 is 16.6 Å². The van der Waals surface area contributed by atoms with Crippen molar-refractivity contribution in [3.8, 4) is 17.2 Å². The molecule has 9 nitrogen and oxygen atoms in total. The van der Waals surface area contributed by atoms with Gasteiger partial charge in [-0.25, -0.2) is 4.79 Å². The molecule has 1 N–H and O–H groups in total. The van der Waals surface area contributed by atoms with Crippen molar-refractivity contribution < 1.29 is 14.5 Å². The van der Waals surface area contributed by atoms with Gasteiger partial charge in [0, 0.05) is 36.0 Å². The Labute approximate surface area is 150 Å². The third-order valence-corrected chi connectivity index (χ3v) is 3.29. The summed E-state index contributed by atoms with van der Waals surface area (Å²) in [4.78, 5) is 21.9. The topological polar surface area (TPSA) is 123 Å². The number of nitrogens with one attached hydrogen (secondary N) is 1. The molecule has 1 amide bonds. The van der Waals surface area contributed by atoms with Crippen molar-refractivity contribution in [2.24, 2.45) is 0 Å². The predicted octanol–water partition coefficient (Wildman–Crippen LogP) is 2.85. The molecule has 2 rings (SSSR count). The second-order valence-corrected chi connectivity index (χ2v) is 6.52. The summed E-state index contributed by atoms with van der Waals surface area (Å²) in [5.41, 5.74) is 0.718. The molecule has 0 radical (unpaired) electrons. The Morgan fingerprint density at radius 1 is 1.46 bits per heavy atom. The highest BCUT2D eigenvalue weighted by atomic mass is 16.6. The normalized spacial score (nSPS) is 10.8. The van der Waals surface area contributed by atoms with E-state index >= 15 is 0 Å². The average molecular weight is 357 g/mol. The number of nitriles is 1. The number of non-ortho nitro benzene ring substituents is 1. The smallest absolute Gasteiger partial charge is 0.407 e. The quantitative estimate of drug-likeness (QED) is 0.648. The van der Waals surface area contributed by atoms with Crippen molar-refractivity contribution in [2.75, 3.05) is 6.54 Å². The van der Waals surface area contributed by atoms with Crippen LogP contribution in [0.1, 0.15) is 26.3 Å². The first kappa shape index (κ1) is 18.9. The van der Waals surface area contributed by atoms with E-state index in [9.17, 15) is 20.2 Å². The summed E-state index contributed by atoms with van der Waals surface area (Å²) >= 11 is 0. The SMILES string of the molecule is CC(C)(C)OC(=O)NCCn1cc(-c2ccc([N+](=O)[O-])cc2C#N)cn1. The van der Waals surface area contributed by atoms with E-state index in [2.05, 4.69) is 10.4 Å². The van der Waals surface area contributed by atoms with Crippen LogP contribution in [0.15, 0.2) is 30.6 Å². The molecule has 0 aliphatic heterocycles. The van der Waals surface area contributed by atoms with Crippen LogP contribution in [0, 0.1) is 21.4 Å².